The molecule has 2 heterocycles. The second-order valence-corrected chi connectivity index (χ2v) is 8.26. The number of hydrogen-bond acceptors (Lipinski definition) is 3. The zero-order valence-electron chi connectivity index (χ0n) is 17.6. The van der Waals surface area contributed by atoms with Crippen molar-refractivity contribution >= 4 is 22.4 Å². The van der Waals surface area contributed by atoms with E-state index in [1.54, 1.807) is 13.2 Å². The zero-order valence-corrected chi connectivity index (χ0v) is 17.6. The van der Waals surface area contributed by atoms with Gasteiger partial charge in [0.1, 0.15) is 17.1 Å². The Morgan fingerprint density at radius 2 is 1.81 bits per heavy atom. The Morgan fingerprint density at radius 1 is 1.19 bits per heavy atom. The van der Waals surface area contributed by atoms with Crippen molar-refractivity contribution in [2.24, 2.45) is 11.8 Å². The number of rotatable bonds is 3. The fourth-order valence-corrected chi connectivity index (χ4v) is 4.37. The average Bonchev–Trinajstić information content (AvgIpc) is 2.89. The van der Waals surface area contributed by atoms with Crippen LogP contribution in [0.5, 0.6) is 5.75 Å². The fraction of sp³-hybridized carbons (Fsp3) is 0.522. The van der Waals surface area contributed by atoms with Crippen molar-refractivity contribution in [1.29, 1.82) is 0 Å². The van der Waals surface area contributed by atoms with Gasteiger partial charge in [-0.15, -0.1) is 0 Å². The van der Waals surface area contributed by atoms with E-state index in [1.165, 1.54) is 6.42 Å². The Labute approximate surface area is 162 Å². The molecule has 1 aromatic carbocycles. The van der Waals surface area contributed by atoms with E-state index in [0.717, 1.165) is 57.8 Å². The van der Waals surface area contributed by atoms with E-state index in [9.17, 15) is 4.79 Å². The summed E-state index contributed by atoms with van der Waals surface area (Å²) in [4.78, 5) is 14.9. The lowest BCUT2D eigenvalue weighted by atomic mass is 9.91. The fourth-order valence-electron chi connectivity index (χ4n) is 4.37. The SMILES string of the molecule is COc1c(/C(C)=C/C(=O)N2CC(C)CC(C)C2)cc2c(C)c(C)oc2c1C. The lowest BCUT2D eigenvalue weighted by Gasteiger charge is -2.34. The lowest BCUT2D eigenvalue weighted by Crippen LogP contribution is -2.41. The Kier molecular flexibility index (Phi) is 5.36. The predicted octanol–water partition coefficient (Wildman–Crippen LogP) is 5.27. The summed E-state index contributed by atoms with van der Waals surface area (Å²) in [6.07, 6.45) is 2.95. The van der Waals surface area contributed by atoms with Gasteiger partial charge in [-0.1, -0.05) is 13.8 Å². The number of amides is 1. The molecule has 1 aliphatic heterocycles. The smallest absolute Gasteiger partial charge is 0.246 e. The van der Waals surface area contributed by atoms with Crippen molar-refractivity contribution in [2.45, 2.75) is 48.0 Å². The summed E-state index contributed by atoms with van der Waals surface area (Å²) in [6, 6.07) is 2.09. The highest BCUT2D eigenvalue weighted by atomic mass is 16.5. The molecule has 0 radical (unpaired) electrons. The Bertz CT molecular complexity index is 896. The largest absolute Gasteiger partial charge is 0.496 e. The van der Waals surface area contributed by atoms with Crippen LogP contribution in [0.15, 0.2) is 16.6 Å². The Hall–Kier alpha value is -2.23. The zero-order chi connectivity index (χ0) is 19.9. The van der Waals surface area contributed by atoms with E-state index in [2.05, 4.69) is 26.8 Å². The number of ether oxygens (including phenoxy) is 1. The number of furan rings is 1. The van der Waals surface area contributed by atoms with Crippen LogP contribution in [0.4, 0.5) is 0 Å². The molecule has 2 unspecified atom stereocenters. The van der Waals surface area contributed by atoms with Crippen LogP contribution in [0.2, 0.25) is 0 Å². The molecule has 4 heteroatoms. The van der Waals surface area contributed by atoms with Gasteiger partial charge >= 0.3 is 0 Å². The number of allylic oxidation sites excluding steroid dienone is 1. The van der Waals surface area contributed by atoms with Crippen LogP contribution >= 0.6 is 0 Å². The number of carbonyl (C=O) groups excluding carboxylic acids is 1. The molecule has 2 atom stereocenters. The first-order valence-corrected chi connectivity index (χ1v) is 9.77. The summed E-state index contributed by atoms with van der Waals surface area (Å²) in [5.74, 6) is 2.89. The number of likely N-dealkylation sites (tertiary alicyclic amines) is 1. The molecule has 146 valence electrons. The molecule has 4 nitrogen and oxygen atoms in total. The number of methoxy groups -OCH3 is 1. The summed E-state index contributed by atoms with van der Waals surface area (Å²) in [6.45, 7) is 14.2. The molecule has 1 amide bonds. The summed E-state index contributed by atoms with van der Waals surface area (Å²) in [5.41, 5.74) is 4.85. The minimum Gasteiger partial charge on any atom is -0.496 e. The molecule has 1 aromatic heterocycles. The Balaban J connectivity index is 2.01. The highest BCUT2D eigenvalue weighted by Crippen LogP contribution is 2.38. The molecule has 1 aliphatic rings. The number of aryl methyl sites for hydroxylation is 3. The van der Waals surface area contributed by atoms with Crippen molar-refractivity contribution in [3.05, 3.63) is 34.6 Å². The minimum absolute atomic E-state index is 0.0887. The van der Waals surface area contributed by atoms with Crippen LogP contribution < -0.4 is 4.74 Å². The monoisotopic (exact) mass is 369 g/mol. The third kappa shape index (κ3) is 3.62. The van der Waals surface area contributed by atoms with Crippen LogP contribution in [0.1, 0.15) is 49.6 Å². The standard InChI is InChI=1S/C23H31NO3/c1-13-8-14(2)12-24(11-13)21(25)9-15(3)19-10-20-16(4)18(6)27-23(20)17(5)22(19)26-7/h9-10,13-14H,8,11-12H2,1-7H3/b15-9+. The molecule has 1 fully saturated rings. The van der Waals surface area contributed by atoms with Crippen molar-refractivity contribution in [3.8, 4) is 5.75 Å². The first kappa shape index (κ1) is 19.5. The van der Waals surface area contributed by atoms with E-state index in [-0.39, 0.29) is 5.91 Å². The van der Waals surface area contributed by atoms with Gasteiger partial charge < -0.3 is 14.1 Å². The second-order valence-electron chi connectivity index (χ2n) is 8.26. The molecular formula is C23H31NO3. The molecule has 0 N–H and O–H groups in total. The number of nitrogens with zero attached hydrogens (tertiary/aromatic N) is 1. The number of piperidine rings is 1. The van der Waals surface area contributed by atoms with E-state index in [1.807, 2.05) is 25.7 Å². The third-order valence-corrected chi connectivity index (χ3v) is 5.80. The van der Waals surface area contributed by atoms with Gasteiger partial charge in [-0.25, -0.2) is 0 Å². The number of carbonyl (C=O) groups is 1. The summed E-state index contributed by atoms with van der Waals surface area (Å²) < 4.78 is 11.6. The van der Waals surface area contributed by atoms with E-state index in [0.29, 0.717) is 11.8 Å². The highest BCUT2D eigenvalue weighted by Gasteiger charge is 2.25. The number of fused-ring (bicyclic) bond motifs is 1. The molecule has 1 saturated heterocycles. The Morgan fingerprint density at radius 3 is 2.41 bits per heavy atom. The van der Waals surface area contributed by atoms with Gasteiger partial charge in [-0.2, -0.15) is 0 Å². The van der Waals surface area contributed by atoms with E-state index in [4.69, 9.17) is 9.15 Å². The second kappa shape index (κ2) is 7.41. The van der Waals surface area contributed by atoms with Crippen LogP contribution in [-0.2, 0) is 4.79 Å². The average molecular weight is 370 g/mol. The molecule has 0 spiro atoms. The molecule has 27 heavy (non-hydrogen) atoms. The summed E-state index contributed by atoms with van der Waals surface area (Å²) in [5, 5.41) is 1.08. The van der Waals surface area contributed by atoms with Gasteiger partial charge in [0, 0.05) is 35.7 Å². The normalized spacial score (nSPS) is 21.0. The van der Waals surface area contributed by atoms with Crippen LogP contribution in [0, 0.1) is 32.6 Å². The van der Waals surface area contributed by atoms with Crippen LogP contribution in [0.25, 0.3) is 16.5 Å². The van der Waals surface area contributed by atoms with Crippen molar-refractivity contribution in [3.63, 3.8) is 0 Å². The number of hydrogen-bond donors (Lipinski definition) is 0. The van der Waals surface area contributed by atoms with Gasteiger partial charge in [-0.3, -0.25) is 4.79 Å². The molecule has 0 aliphatic carbocycles. The summed E-state index contributed by atoms with van der Waals surface area (Å²) in [7, 11) is 1.67. The van der Waals surface area contributed by atoms with Gasteiger partial charge in [-0.05, 0) is 63.2 Å². The maximum absolute atomic E-state index is 12.9. The maximum atomic E-state index is 12.9. The van der Waals surface area contributed by atoms with Crippen LogP contribution in [-0.4, -0.2) is 31.0 Å². The highest BCUT2D eigenvalue weighted by molar-refractivity contribution is 5.98. The van der Waals surface area contributed by atoms with Crippen molar-refractivity contribution in [1.82, 2.24) is 4.90 Å². The van der Waals surface area contributed by atoms with Crippen LogP contribution in [0.3, 0.4) is 0 Å². The van der Waals surface area contributed by atoms with Crippen molar-refractivity contribution < 1.29 is 13.9 Å². The van der Waals surface area contributed by atoms with E-state index >= 15 is 0 Å². The first-order valence-electron chi connectivity index (χ1n) is 9.77. The van der Waals surface area contributed by atoms with Gasteiger partial charge in [0.15, 0.2) is 0 Å². The quantitative estimate of drug-likeness (QED) is 0.692. The van der Waals surface area contributed by atoms with Gasteiger partial charge in [0.05, 0.1) is 7.11 Å². The predicted molar refractivity (Wildman–Crippen MR) is 110 cm³/mol. The topological polar surface area (TPSA) is 42.7 Å². The van der Waals surface area contributed by atoms with Gasteiger partial charge in [0.2, 0.25) is 5.91 Å². The summed E-state index contributed by atoms with van der Waals surface area (Å²) >= 11 is 0. The van der Waals surface area contributed by atoms with Crippen molar-refractivity contribution in [2.75, 3.05) is 20.2 Å². The number of benzene rings is 1. The van der Waals surface area contributed by atoms with E-state index < -0.39 is 0 Å². The molecule has 0 saturated carbocycles. The minimum atomic E-state index is 0.0887. The third-order valence-electron chi connectivity index (χ3n) is 5.80. The molecule has 3 rings (SSSR count). The maximum Gasteiger partial charge on any atom is 0.246 e. The van der Waals surface area contributed by atoms with Gasteiger partial charge in [0.25, 0.3) is 0 Å². The lowest BCUT2D eigenvalue weighted by molar-refractivity contribution is -0.128. The first-order chi connectivity index (χ1) is 12.7. The molecule has 0 bridgehead atoms. The molecular weight excluding hydrogens is 338 g/mol. The molecule has 2 aromatic rings.